The van der Waals surface area contributed by atoms with Crippen molar-refractivity contribution in [3.63, 3.8) is 0 Å². The summed E-state index contributed by atoms with van der Waals surface area (Å²) in [6.07, 6.45) is 3.63. The van der Waals surface area contributed by atoms with Gasteiger partial charge in [-0.1, -0.05) is 48.0 Å². The van der Waals surface area contributed by atoms with E-state index in [0.29, 0.717) is 16.1 Å². The summed E-state index contributed by atoms with van der Waals surface area (Å²) in [5, 5.41) is 0.651. The number of amides is 2. The zero-order chi connectivity index (χ0) is 14.8. The van der Waals surface area contributed by atoms with Gasteiger partial charge in [-0.05, 0) is 29.8 Å². The van der Waals surface area contributed by atoms with Crippen LogP contribution in [0.2, 0.25) is 5.02 Å². The Kier molecular flexibility index (Phi) is 3.59. The third-order valence-electron chi connectivity index (χ3n) is 3.33. The van der Waals surface area contributed by atoms with Crippen LogP contribution in [0.25, 0.3) is 6.08 Å². The highest BCUT2D eigenvalue weighted by Crippen LogP contribution is 2.22. The van der Waals surface area contributed by atoms with Crippen LogP contribution in [0.15, 0.2) is 54.6 Å². The summed E-state index contributed by atoms with van der Waals surface area (Å²) in [5.41, 5.74) is 1.87. The van der Waals surface area contributed by atoms with Gasteiger partial charge in [0.15, 0.2) is 0 Å². The zero-order valence-electron chi connectivity index (χ0n) is 11.1. The zero-order valence-corrected chi connectivity index (χ0v) is 11.9. The van der Waals surface area contributed by atoms with Crippen LogP contribution in [0.3, 0.4) is 0 Å². The molecule has 0 radical (unpaired) electrons. The van der Waals surface area contributed by atoms with E-state index in [4.69, 9.17) is 11.6 Å². The molecule has 1 aliphatic rings. The maximum absolute atomic E-state index is 12.2. The quantitative estimate of drug-likeness (QED) is 0.811. The lowest BCUT2D eigenvalue weighted by atomic mass is 10.1. The Labute approximate surface area is 127 Å². The van der Waals surface area contributed by atoms with Gasteiger partial charge in [-0.3, -0.25) is 14.5 Å². The predicted octanol–water partition coefficient (Wildman–Crippen LogP) is 3.65. The second-order valence-corrected chi connectivity index (χ2v) is 5.16. The van der Waals surface area contributed by atoms with Crippen LogP contribution in [-0.4, -0.2) is 23.3 Å². The lowest BCUT2D eigenvalue weighted by molar-refractivity contribution is 0.0672. The number of benzene rings is 2. The first-order chi connectivity index (χ1) is 10.2. The molecule has 21 heavy (non-hydrogen) atoms. The normalized spacial score (nSPS) is 14.0. The number of hydrogen-bond acceptors (Lipinski definition) is 2. The van der Waals surface area contributed by atoms with Crippen molar-refractivity contribution < 1.29 is 9.59 Å². The van der Waals surface area contributed by atoms with Gasteiger partial charge in [-0.2, -0.15) is 0 Å². The highest BCUT2D eigenvalue weighted by Gasteiger charge is 2.33. The maximum Gasteiger partial charge on any atom is 0.261 e. The lowest BCUT2D eigenvalue weighted by Crippen LogP contribution is -2.29. The van der Waals surface area contributed by atoms with Gasteiger partial charge in [0.05, 0.1) is 11.1 Å². The van der Waals surface area contributed by atoms with Crippen LogP contribution < -0.4 is 0 Å². The topological polar surface area (TPSA) is 37.4 Å². The average molecular weight is 298 g/mol. The molecular formula is C17H12ClNO2. The molecule has 0 spiro atoms. The summed E-state index contributed by atoms with van der Waals surface area (Å²) in [5.74, 6) is -0.488. The molecule has 0 aliphatic carbocycles. The monoisotopic (exact) mass is 297 g/mol. The highest BCUT2D eigenvalue weighted by molar-refractivity contribution is 6.30. The molecule has 104 valence electrons. The molecule has 1 heterocycles. The Morgan fingerprint density at radius 2 is 1.62 bits per heavy atom. The van der Waals surface area contributed by atoms with Crippen molar-refractivity contribution >= 4 is 29.5 Å². The van der Waals surface area contributed by atoms with E-state index in [1.807, 2.05) is 24.3 Å². The third kappa shape index (κ3) is 2.60. The van der Waals surface area contributed by atoms with E-state index in [1.54, 1.807) is 36.4 Å². The van der Waals surface area contributed by atoms with Crippen molar-refractivity contribution in [3.8, 4) is 0 Å². The number of rotatable bonds is 3. The number of carbonyl (C=O) groups excluding carboxylic acids is 2. The van der Waals surface area contributed by atoms with E-state index in [-0.39, 0.29) is 18.4 Å². The molecule has 2 aromatic rings. The number of halogens is 1. The van der Waals surface area contributed by atoms with E-state index in [0.717, 1.165) is 5.56 Å². The smallest absolute Gasteiger partial charge is 0.261 e. The standard InChI is InChI=1S/C17H12ClNO2/c18-13-7-3-5-12(11-13)6-4-10-19-16(20)14-8-1-2-9-15(14)17(19)21/h1-9,11H,10H2. The molecule has 0 saturated heterocycles. The maximum atomic E-state index is 12.2. The molecule has 3 rings (SSSR count). The Morgan fingerprint density at radius 1 is 0.952 bits per heavy atom. The minimum absolute atomic E-state index is 0.244. The van der Waals surface area contributed by atoms with E-state index < -0.39 is 0 Å². The van der Waals surface area contributed by atoms with Crippen molar-refractivity contribution in [2.75, 3.05) is 6.54 Å². The fraction of sp³-hybridized carbons (Fsp3) is 0.0588. The third-order valence-corrected chi connectivity index (χ3v) is 3.56. The molecule has 3 nitrogen and oxygen atoms in total. The van der Waals surface area contributed by atoms with E-state index >= 15 is 0 Å². The molecule has 0 aromatic heterocycles. The highest BCUT2D eigenvalue weighted by atomic mass is 35.5. The molecule has 0 N–H and O–H groups in total. The predicted molar refractivity (Wildman–Crippen MR) is 82.3 cm³/mol. The van der Waals surface area contributed by atoms with Crippen LogP contribution in [0.1, 0.15) is 26.3 Å². The van der Waals surface area contributed by atoms with Crippen molar-refractivity contribution in [3.05, 3.63) is 76.3 Å². The first kappa shape index (κ1) is 13.6. The van der Waals surface area contributed by atoms with Gasteiger partial charge in [0.25, 0.3) is 11.8 Å². The fourth-order valence-electron chi connectivity index (χ4n) is 2.31. The molecule has 0 fully saturated rings. The van der Waals surface area contributed by atoms with Gasteiger partial charge in [0, 0.05) is 11.6 Å². The lowest BCUT2D eigenvalue weighted by Gasteiger charge is -2.10. The second kappa shape index (κ2) is 5.54. The van der Waals surface area contributed by atoms with Crippen molar-refractivity contribution in [1.82, 2.24) is 4.90 Å². The minimum atomic E-state index is -0.244. The summed E-state index contributed by atoms with van der Waals surface area (Å²) >= 11 is 5.91. The molecule has 2 aromatic carbocycles. The number of nitrogens with zero attached hydrogens (tertiary/aromatic N) is 1. The Hall–Kier alpha value is -2.39. The van der Waals surface area contributed by atoms with Crippen molar-refractivity contribution in [2.24, 2.45) is 0 Å². The molecule has 0 bridgehead atoms. The van der Waals surface area contributed by atoms with E-state index in [2.05, 4.69) is 0 Å². The molecule has 0 saturated carbocycles. The number of hydrogen-bond donors (Lipinski definition) is 0. The molecule has 2 amide bonds. The van der Waals surface area contributed by atoms with Crippen LogP contribution in [-0.2, 0) is 0 Å². The van der Waals surface area contributed by atoms with Crippen molar-refractivity contribution in [1.29, 1.82) is 0 Å². The van der Waals surface area contributed by atoms with Gasteiger partial charge in [0.1, 0.15) is 0 Å². The summed E-state index contributed by atoms with van der Waals surface area (Å²) in [6.45, 7) is 0.249. The van der Waals surface area contributed by atoms with Crippen LogP contribution >= 0.6 is 11.6 Å². The summed E-state index contributed by atoms with van der Waals surface area (Å²) in [6, 6.07) is 14.2. The first-order valence-electron chi connectivity index (χ1n) is 6.54. The van der Waals surface area contributed by atoms with Gasteiger partial charge in [0.2, 0.25) is 0 Å². The molecule has 4 heteroatoms. The summed E-state index contributed by atoms with van der Waals surface area (Å²) in [7, 11) is 0. The van der Waals surface area contributed by atoms with E-state index in [9.17, 15) is 9.59 Å². The molecule has 1 aliphatic heterocycles. The van der Waals surface area contributed by atoms with Crippen LogP contribution in [0.4, 0.5) is 0 Å². The van der Waals surface area contributed by atoms with Gasteiger partial charge >= 0.3 is 0 Å². The molecule has 0 atom stereocenters. The SMILES string of the molecule is O=C1c2ccccc2C(=O)N1CC=Cc1cccc(Cl)c1. The molecule has 0 unspecified atom stereocenters. The Bertz CT molecular complexity index is 717. The summed E-state index contributed by atoms with van der Waals surface area (Å²) in [4.78, 5) is 25.5. The Balaban J connectivity index is 1.75. The van der Waals surface area contributed by atoms with Gasteiger partial charge < -0.3 is 0 Å². The van der Waals surface area contributed by atoms with Crippen LogP contribution in [0.5, 0.6) is 0 Å². The largest absolute Gasteiger partial charge is 0.270 e. The number of fused-ring (bicyclic) bond motifs is 1. The van der Waals surface area contributed by atoms with E-state index in [1.165, 1.54) is 4.90 Å². The van der Waals surface area contributed by atoms with Gasteiger partial charge in [-0.25, -0.2) is 0 Å². The molecular weight excluding hydrogens is 286 g/mol. The number of carbonyl (C=O) groups is 2. The number of imide groups is 1. The minimum Gasteiger partial charge on any atom is -0.270 e. The fourth-order valence-corrected chi connectivity index (χ4v) is 2.51. The first-order valence-corrected chi connectivity index (χ1v) is 6.92. The van der Waals surface area contributed by atoms with Crippen LogP contribution in [0, 0.1) is 0 Å². The van der Waals surface area contributed by atoms with Gasteiger partial charge in [-0.15, -0.1) is 0 Å². The second-order valence-electron chi connectivity index (χ2n) is 4.72. The summed E-state index contributed by atoms with van der Waals surface area (Å²) < 4.78 is 0. The van der Waals surface area contributed by atoms with Crippen molar-refractivity contribution in [2.45, 2.75) is 0 Å². The average Bonchev–Trinajstić information content (AvgIpc) is 2.73. The Morgan fingerprint density at radius 3 is 2.24 bits per heavy atom.